The van der Waals surface area contributed by atoms with Crippen LogP contribution in [0.5, 0.6) is 5.75 Å². The molecule has 0 bridgehead atoms. The monoisotopic (exact) mass is 251 g/mol. The maximum absolute atomic E-state index is 9.87. The zero-order chi connectivity index (χ0) is 13.7. The molecule has 102 valence electrons. The largest absolute Gasteiger partial charge is 0.497 e. The van der Waals surface area contributed by atoms with Crippen LogP contribution in [0.3, 0.4) is 0 Å². The van der Waals surface area contributed by atoms with Crippen molar-refractivity contribution in [2.45, 2.75) is 51.7 Å². The van der Waals surface area contributed by atoms with Crippen LogP contribution in [-0.2, 0) is 6.42 Å². The lowest BCUT2D eigenvalue weighted by atomic mass is 9.89. The van der Waals surface area contributed by atoms with Gasteiger partial charge in [0.25, 0.3) is 0 Å². The molecule has 1 aromatic carbocycles. The summed E-state index contributed by atoms with van der Waals surface area (Å²) < 4.78 is 5.24. The van der Waals surface area contributed by atoms with Gasteiger partial charge in [-0.3, -0.25) is 0 Å². The second-order valence-corrected chi connectivity index (χ2v) is 4.98. The molecule has 0 aromatic heterocycles. The van der Waals surface area contributed by atoms with Crippen molar-refractivity contribution in [1.82, 2.24) is 0 Å². The number of nitrogens with two attached hydrogens (primary N) is 1. The Kier molecular flexibility index (Phi) is 5.63. The normalized spacial score (nSPS) is 16.1. The number of rotatable bonds is 6. The topological polar surface area (TPSA) is 55.5 Å². The predicted molar refractivity (Wildman–Crippen MR) is 75.1 cm³/mol. The van der Waals surface area contributed by atoms with Gasteiger partial charge in [-0.2, -0.15) is 0 Å². The first-order valence-corrected chi connectivity index (χ1v) is 6.60. The van der Waals surface area contributed by atoms with E-state index in [4.69, 9.17) is 10.5 Å². The Morgan fingerprint density at radius 1 is 1.33 bits per heavy atom. The number of aryl methyl sites for hydroxylation is 1. The van der Waals surface area contributed by atoms with Crippen LogP contribution < -0.4 is 10.5 Å². The van der Waals surface area contributed by atoms with E-state index in [2.05, 4.69) is 26.0 Å². The molecule has 0 spiro atoms. The van der Waals surface area contributed by atoms with Crippen molar-refractivity contribution >= 4 is 0 Å². The minimum absolute atomic E-state index is 0.184. The highest BCUT2D eigenvalue weighted by molar-refractivity contribution is 5.37. The van der Waals surface area contributed by atoms with Crippen LogP contribution in [-0.4, -0.2) is 24.4 Å². The van der Waals surface area contributed by atoms with Gasteiger partial charge in [0.15, 0.2) is 0 Å². The second kappa shape index (κ2) is 6.76. The minimum Gasteiger partial charge on any atom is -0.497 e. The van der Waals surface area contributed by atoms with E-state index in [0.717, 1.165) is 12.2 Å². The van der Waals surface area contributed by atoms with Crippen molar-refractivity contribution in [2.24, 2.45) is 5.73 Å². The van der Waals surface area contributed by atoms with E-state index < -0.39 is 6.10 Å². The highest BCUT2D eigenvalue weighted by atomic mass is 16.5. The Balaban J connectivity index is 2.87. The molecule has 3 nitrogen and oxygen atoms in total. The van der Waals surface area contributed by atoms with Crippen molar-refractivity contribution < 1.29 is 9.84 Å². The maximum atomic E-state index is 9.87. The molecule has 3 unspecified atom stereocenters. The fourth-order valence-electron chi connectivity index (χ4n) is 2.20. The van der Waals surface area contributed by atoms with E-state index in [9.17, 15) is 5.11 Å². The summed E-state index contributed by atoms with van der Waals surface area (Å²) in [6, 6.07) is 5.96. The standard InChI is InChI=1S/C15H25NO2/c1-5-12-9-13(18-4)6-7-14(12)10(2)8-15(17)11(3)16/h6-7,9-11,15,17H,5,8,16H2,1-4H3. The van der Waals surface area contributed by atoms with E-state index >= 15 is 0 Å². The van der Waals surface area contributed by atoms with Gasteiger partial charge >= 0.3 is 0 Å². The van der Waals surface area contributed by atoms with Gasteiger partial charge in [-0.05, 0) is 48.9 Å². The highest BCUT2D eigenvalue weighted by Crippen LogP contribution is 2.28. The van der Waals surface area contributed by atoms with Gasteiger partial charge in [-0.1, -0.05) is 19.9 Å². The molecule has 1 aromatic rings. The summed E-state index contributed by atoms with van der Waals surface area (Å²) in [4.78, 5) is 0. The molecular formula is C15H25NO2. The third-order valence-corrected chi connectivity index (χ3v) is 3.46. The molecule has 3 N–H and O–H groups in total. The Bertz CT molecular complexity index is 377. The Hall–Kier alpha value is -1.06. The minimum atomic E-state index is -0.452. The molecule has 0 aliphatic heterocycles. The number of ether oxygens (including phenoxy) is 1. The summed E-state index contributed by atoms with van der Waals surface area (Å²) in [5.41, 5.74) is 8.26. The zero-order valence-electron chi connectivity index (χ0n) is 11.8. The fourth-order valence-corrected chi connectivity index (χ4v) is 2.20. The molecule has 0 fully saturated rings. The molecular weight excluding hydrogens is 226 g/mol. The molecule has 0 saturated carbocycles. The Morgan fingerprint density at radius 3 is 2.50 bits per heavy atom. The van der Waals surface area contributed by atoms with Gasteiger partial charge in [0, 0.05) is 6.04 Å². The van der Waals surface area contributed by atoms with Crippen molar-refractivity contribution in [3.8, 4) is 5.75 Å². The average molecular weight is 251 g/mol. The number of hydrogen-bond donors (Lipinski definition) is 2. The molecule has 0 aliphatic carbocycles. The molecule has 3 atom stereocenters. The molecule has 0 amide bonds. The van der Waals surface area contributed by atoms with Gasteiger partial charge in [-0.15, -0.1) is 0 Å². The summed E-state index contributed by atoms with van der Waals surface area (Å²) in [6.07, 6.45) is 1.20. The lowest BCUT2D eigenvalue weighted by molar-refractivity contribution is 0.134. The second-order valence-electron chi connectivity index (χ2n) is 4.98. The first kappa shape index (κ1) is 15.0. The zero-order valence-corrected chi connectivity index (χ0v) is 11.8. The van der Waals surface area contributed by atoms with Crippen molar-refractivity contribution in [2.75, 3.05) is 7.11 Å². The molecule has 0 saturated heterocycles. The molecule has 3 heteroatoms. The predicted octanol–water partition coefficient (Wildman–Crippen LogP) is 2.46. The van der Waals surface area contributed by atoms with Gasteiger partial charge < -0.3 is 15.6 Å². The van der Waals surface area contributed by atoms with Gasteiger partial charge in [0.2, 0.25) is 0 Å². The quantitative estimate of drug-likeness (QED) is 0.816. The summed E-state index contributed by atoms with van der Waals surface area (Å²) in [5.74, 6) is 1.18. The lowest BCUT2D eigenvalue weighted by Crippen LogP contribution is -2.32. The van der Waals surface area contributed by atoms with Crippen LogP contribution in [0.1, 0.15) is 44.2 Å². The summed E-state index contributed by atoms with van der Waals surface area (Å²) >= 11 is 0. The van der Waals surface area contributed by atoms with Crippen LogP contribution in [0, 0.1) is 0 Å². The van der Waals surface area contributed by atoms with E-state index in [0.29, 0.717) is 12.3 Å². The van der Waals surface area contributed by atoms with Gasteiger partial charge in [0.1, 0.15) is 5.75 Å². The van der Waals surface area contributed by atoms with Gasteiger partial charge in [0.05, 0.1) is 13.2 Å². The van der Waals surface area contributed by atoms with Crippen LogP contribution >= 0.6 is 0 Å². The van der Waals surface area contributed by atoms with Gasteiger partial charge in [-0.25, -0.2) is 0 Å². The Morgan fingerprint density at radius 2 is 2.00 bits per heavy atom. The first-order valence-electron chi connectivity index (χ1n) is 6.60. The molecule has 0 heterocycles. The summed E-state index contributed by atoms with van der Waals surface area (Å²) in [6.45, 7) is 6.10. The van der Waals surface area contributed by atoms with Crippen LogP contribution in [0.2, 0.25) is 0 Å². The third kappa shape index (κ3) is 3.72. The maximum Gasteiger partial charge on any atom is 0.119 e. The van der Waals surface area contributed by atoms with Crippen molar-refractivity contribution in [3.05, 3.63) is 29.3 Å². The number of aliphatic hydroxyl groups is 1. The van der Waals surface area contributed by atoms with Crippen LogP contribution in [0.25, 0.3) is 0 Å². The van der Waals surface area contributed by atoms with Crippen molar-refractivity contribution in [1.29, 1.82) is 0 Å². The highest BCUT2D eigenvalue weighted by Gasteiger charge is 2.17. The molecule has 0 radical (unpaired) electrons. The van der Waals surface area contributed by atoms with Crippen LogP contribution in [0.4, 0.5) is 0 Å². The SMILES string of the molecule is CCc1cc(OC)ccc1C(C)CC(O)C(C)N. The number of aliphatic hydroxyl groups excluding tert-OH is 1. The van der Waals surface area contributed by atoms with E-state index in [1.807, 2.05) is 13.0 Å². The van der Waals surface area contributed by atoms with E-state index in [1.165, 1.54) is 11.1 Å². The third-order valence-electron chi connectivity index (χ3n) is 3.46. The Labute approximate surface area is 110 Å². The number of methoxy groups -OCH3 is 1. The van der Waals surface area contributed by atoms with Crippen molar-refractivity contribution in [3.63, 3.8) is 0 Å². The number of hydrogen-bond acceptors (Lipinski definition) is 3. The fraction of sp³-hybridized carbons (Fsp3) is 0.600. The average Bonchev–Trinajstić information content (AvgIpc) is 2.37. The summed E-state index contributed by atoms with van der Waals surface area (Å²) in [7, 11) is 1.68. The molecule has 18 heavy (non-hydrogen) atoms. The molecule has 0 aliphatic rings. The number of benzene rings is 1. The lowest BCUT2D eigenvalue weighted by Gasteiger charge is -2.21. The van der Waals surface area contributed by atoms with E-state index in [1.54, 1.807) is 7.11 Å². The molecule has 1 rings (SSSR count). The summed E-state index contributed by atoms with van der Waals surface area (Å²) in [5, 5.41) is 9.87. The van der Waals surface area contributed by atoms with Crippen LogP contribution in [0.15, 0.2) is 18.2 Å². The first-order chi connectivity index (χ1) is 8.49. The van der Waals surface area contributed by atoms with E-state index in [-0.39, 0.29) is 6.04 Å². The smallest absolute Gasteiger partial charge is 0.119 e.